The monoisotopic (exact) mass is 269 g/mol. The van der Waals surface area contributed by atoms with Crippen molar-refractivity contribution in [2.45, 2.75) is 13.2 Å². The summed E-state index contributed by atoms with van der Waals surface area (Å²) in [7, 11) is 1.77. The number of aromatic nitrogens is 2. The van der Waals surface area contributed by atoms with Crippen LogP contribution in [0.3, 0.4) is 0 Å². The van der Waals surface area contributed by atoms with Gasteiger partial charge in [-0.3, -0.25) is 0 Å². The van der Waals surface area contributed by atoms with E-state index in [1.807, 2.05) is 0 Å². The maximum Gasteiger partial charge on any atom is 0.165 e. The summed E-state index contributed by atoms with van der Waals surface area (Å²) < 4.78 is 20.6. The van der Waals surface area contributed by atoms with Crippen LogP contribution in [-0.4, -0.2) is 9.55 Å². The van der Waals surface area contributed by atoms with Crippen LogP contribution in [0, 0.1) is 5.82 Å². The maximum atomic E-state index is 13.6. The molecule has 96 valence electrons. The molecule has 0 atom stereocenters. The van der Waals surface area contributed by atoms with E-state index < -0.39 is 5.82 Å². The molecule has 18 heavy (non-hydrogen) atoms. The Morgan fingerprint density at radius 1 is 1.50 bits per heavy atom. The molecule has 0 bridgehead atoms. The normalized spacial score (nSPS) is 10.7. The van der Waals surface area contributed by atoms with Gasteiger partial charge in [-0.25, -0.2) is 9.37 Å². The van der Waals surface area contributed by atoms with Crippen molar-refractivity contribution in [3.63, 3.8) is 0 Å². The molecular formula is C12H13ClFN3O. The minimum Gasteiger partial charge on any atom is -0.483 e. The molecule has 1 aromatic heterocycles. The fourth-order valence-electron chi connectivity index (χ4n) is 1.49. The van der Waals surface area contributed by atoms with Gasteiger partial charge in [-0.05, 0) is 17.7 Å². The van der Waals surface area contributed by atoms with Gasteiger partial charge >= 0.3 is 0 Å². The van der Waals surface area contributed by atoms with E-state index >= 15 is 0 Å². The highest BCUT2D eigenvalue weighted by molar-refractivity contribution is 6.29. The standard InChI is InChI=1S/C12H13ClFN3O/c1-17-11(13)6-16-12(17)7-18-10-3-2-8(5-15)4-9(10)14/h2-4,6H,5,7,15H2,1H3. The summed E-state index contributed by atoms with van der Waals surface area (Å²) in [5, 5.41) is 0.507. The van der Waals surface area contributed by atoms with Crippen molar-refractivity contribution in [1.29, 1.82) is 0 Å². The zero-order valence-electron chi connectivity index (χ0n) is 9.86. The minimum atomic E-state index is -0.432. The molecule has 0 aliphatic carbocycles. The van der Waals surface area contributed by atoms with Crippen molar-refractivity contribution in [2.24, 2.45) is 12.8 Å². The molecule has 0 saturated heterocycles. The lowest BCUT2D eigenvalue weighted by atomic mass is 10.2. The number of benzene rings is 1. The molecule has 1 aromatic carbocycles. The van der Waals surface area contributed by atoms with E-state index in [4.69, 9.17) is 22.1 Å². The average Bonchev–Trinajstić information content (AvgIpc) is 2.68. The number of imidazole rings is 1. The Balaban J connectivity index is 2.08. The van der Waals surface area contributed by atoms with Crippen LogP contribution in [0.2, 0.25) is 5.15 Å². The average molecular weight is 270 g/mol. The second-order valence-corrected chi connectivity index (χ2v) is 4.20. The summed E-state index contributed by atoms with van der Waals surface area (Å²) in [5.74, 6) is 0.367. The summed E-state index contributed by atoms with van der Waals surface area (Å²) in [5.41, 5.74) is 6.14. The van der Waals surface area contributed by atoms with Gasteiger partial charge in [-0.1, -0.05) is 17.7 Å². The van der Waals surface area contributed by atoms with E-state index in [1.54, 1.807) is 23.7 Å². The van der Waals surface area contributed by atoms with Crippen molar-refractivity contribution in [3.05, 3.63) is 46.8 Å². The van der Waals surface area contributed by atoms with Crippen molar-refractivity contribution >= 4 is 11.6 Å². The molecule has 0 aliphatic rings. The van der Waals surface area contributed by atoms with Gasteiger partial charge in [0.25, 0.3) is 0 Å². The number of nitrogens with two attached hydrogens (primary N) is 1. The number of hydrogen-bond acceptors (Lipinski definition) is 3. The highest BCUT2D eigenvalue weighted by Gasteiger charge is 2.08. The predicted molar refractivity (Wildman–Crippen MR) is 66.8 cm³/mol. The van der Waals surface area contributed by atoms with Crippen LogP contribution in [0.15, 0.2) is 24.4 Å². The van der Waals surface area contributed by atoms with Crippen LogP contribution < -0.4 is 10.5 Å². The lowest BCUT2D eigenvalue weighted by Crippen LogP contribution is -2.05. The van der Waals surface area contributed by atoms with Gasteiger partial charge < -0.3 is 15.0 Å². The Kier molecular flexibility index (Phi) is 3.84. The molecule has 1 heterocycles. The van der Waals surface area contributed by atoms with Crippen LogP contribution in [0.1, 0.15) is 11.4 Å². The molecule has 0 saturated carbocycles. The summed E-state index contributed by atoms with van der Waals surface area (Å²) in [6.07, 6.45) is 1.52. The number of ether oxygens (including phenoxy) is 1. The molecule has 0 spiro atoms. The molecular weight excluding hydrogens is 257 g/mol. The first-order valence-corrected chi connectivity index (χ1v) is 5.77. The smallest absolute Gasteiger partial charge is 0.165 e. The first kappa shape index (κ1) is 12.9. The van der Waals surface area contributed by atoms with Crippen molar-refractivity contribution in [2.75, 3.05) is 0 Å². The first-order valence-electron chi connectivity index (χ1n) is 5.39. The highest BCUT2D eigenvalue weighted by Crippen LogP contribution is 2.19. The van der Waals surface area contributed by atoms with Crippen LogP contribution in [0.25, 0.3) is 0 Å². The molecule has 0 aliphatic heterocycles. The Hall–Kier alpha value is -1.59. The number of nitrogens with zero attached hydrogens (tertiary/aromatic N) is 2. The molecule has 6 heteroatoms. The topological polar surface area (TPSA) is 53.1 Å². The summed E-state index contributed by atoms with van der Waals surface area (Å²) >= 11 is 5.84. The van der Waals surface area contributed by atoms with E-state index in [0.29, 0.717) is 17.5 Å². The third-order valence-corrected chi connectivity index (χ3v) is 2.97. The first-order chi connectivity index (χ1) is 8.61. The van der Waals surface area contributed by atoms with Gasteiger partial charge in [0.15, 0.2) is 11.6 Å². The molecule has 2 rings (SSSR count). The van der Waals surface area contributed by atoms with Crippen molar-refractivity contribution in [3.8, 4) is 5.75 Å². The summed E-state index contributed by atoms with van der Waals surface area (Å²) in [6, 6.07) is 4.65. The molecule has 4 nitrogen and oxygen atoms in total. The van der Waals surface area contributed by atoms with Crippen LogP contribution in [-0.2, 0) is 20.2 Å². The van der Waals surface area contributed by atoms with Gasteiger partial charge in [-0.2, -0.15) is 0 Å². The lowest BCUT2D eigenvalue weighted by molar-refractivity contribution is 0.277. The maximum absolute atomic E-state index is 13.6. The summed E-state index contributed by atoms with van der Waals surface area (Å²) in [6.45, 7) is 0.453. The Morgan fingerprint density at radius 2 is 2.28 bits per heavy atom. The third-order valence-electron chi connectivity index (χ3n) is 2.62. The van der Waals surface area contributed by atoms with E-state index in [0.717, 1.165) is 5.56 Å². The second kappa shape index (κ2) is 5.37. The lowest BCUT2D eigenvalue weighted by Gasteiger charge is -2.08. The highest BCUT2D eigenvalue weighted by atomic mass is 35.5. The van der Waals surface area contributed by atoms with Gasteiger partial charge in [0.1, 0.15) is 17.6 Å². The minimum absolute atomic E-state index is 0.155. The van der Waals surface area contributed by atoms with Gasteiger partial charge in [0.05, 0.1) is 6.20 Å². The predicted octanol–water partition coefficient (Wildman–Crippen LogP) is 2.25. The third kappa shape index (κ3) is 2.63. The van der Waals surface area contributed by atoms with Crippen LogP contribution in [0.4, 0.5) is 4.39 Å². The fourth-order valence-corrected chi connectivity index (χ4v) is 1.64. The zero-order chi connectivity index (χ0) is 13.1. The number of halogens is 2. The Bertz CT molecular complexity index is 556. The number of hydrogen-bond donors (Lipinski definition) is 1. The molecule has 2 aromatic rings. The quantitative estimate of drug-likeness (QED) is 0.926. The second-order valence-electron chi connectivity index (χ2n) is 3.81. The van der Waals surface area contributed by atoms with Crippen molar-refractivity contribution in [1.82, 2.24) is 9.55 Å². The Labute approximate surface area is 109 Å². The molecule has 0 amide bonds. The van der Waals surface area contributed by atoms with E-state index in [-0.39, 0.29) is 12.4 Å². The molecule has 2 N–H and O–H groups in total. The fraction of sp³-hybridized carbons (Fsp3) is 0.250. The largest absolute Gasteiger partial charge is 0.483 e. The van der Waals surface area contributed by atoms with Gasteiger partial charge in [0.2, 0.25) is 0 Å². The molecule has 0 unspecified atom stereocenters. The van der Waals surface area contributed by atoms with Crippen molar-refractivity contribution < 1.29 is 9.13 Å². The molecule has 0 fully saturated rings. The van der Waals surface area contributed by atoms with Gasteiger partial charge in [-0.15, -0.1) is 0 Å². The molecule has 0 radical (unpaired) electrons. The van der Waals surface area contributed by atoms with Crippen LogP contribution in [0.5, 0.6) is 5.75 Å². The van der Waals surface area contributed by atoms with E-state index in [9.17, 15) is 4.39 Å². The SMILES string of the molecule is Cn1c(Cl)cnc1COc1ccc(CN)cc1F. The van der Waals surface area contributed by atoms with Gasteiger partial charge in [0, 0.05) is 13.6 Å². The van der Waals surface area contributed by atoms with E-state index in [1.165, 1.54) is 12.3 Å². The zero-order valence-corrected chi connectivity index (χ0v) is 10.6. The number of rotatable bonds is 4. The van der Waals surface area contributed by atoms with Crippen LogP contribution >= 0.6 is 11.6 Å². The Morgan fingerprint density at radius 3 is 2.83 bits per heavy atom. The summed E-state index contributed by atoms with van der Waals surface area (Å²) in [4.78, 5) is 4.06. The van der Waals surface area contributed by atoms with E-state index in [2.05, 4.69) is 4.98 Å².